The number of piperidine rings is 1. The number of ether oxygens (including phenoxy) is 1. The highest BCUT2D eigenvalue weighted by Crippen LogP contribution is 2.29. The van der Waals surface area contributed by atoms with Gasteiger partial charge in [-0.1, -0.05) is 0 Å². The van der Waals surface area contributed by atoms with Crippen LogP contribution < -0.4 is 15.1 Å². The molecule has 1 amide bonds. The number of rotatable bonds is 6. The maximum Gasteiger partial charge on any atom is 0.281 e. The fourth-order valence-electron chi connectivity index (χ4n) is 3.63. The van der Waals surface area contributed by atoms with Crippen molar-refractivity contribution in [3.63, 3.8) is 0 Å². The average Bonchev–Trinajstić information content (AvgIpc) is 3.23. The van der Waals surface area contributed by atoms with E-state index in [1.54, 1.807) is 25.5 Å². The molecule has 1 fully saturated rings. The summed E-state index contributed by atoms with van der Waals surface area (Å²) in [5.41, 5.74) is 4.39. The van der Waals surface area contributed by atoms with Gasteiger partial charge in [-0.3, -0.25) is 14.9 Å². The molecule has 9 heteroatoms. The third-order valence-electron chi connectivity index (χ3n) is 5.24. The third-order valence-corrected chi connectivity index (χ3v) is 6.36. The van der Waals surface area contributed by atoms with Gasteiger partial charge >= 0.3 is 0 Å². The Labute approximate surface area is 183 Å². The van der Waals surface area contributed by atoms with Crippen molar-refractivity contribution in [2.75, 3.05) is 25.1 Å². The summed E-state index contributed by atoms with van der Waals surface area (Å²) in [6, 6.07) is 12.1. The van der Waals surface area contributed by atoms with Crippen LogP contribution in [0.1, 0.15) is 34.5 Å². The number of nitro groups is 1. The van der Waals surface area contributed by atoms with Crippen LogP contribution in [-0.2, 0) is 0 Å². The van der Waals surface area contributed by atoms with Crippen LogP contribution in [0.4, 0.5) is 11.4 Å². The Bertz CT molecular complexity index is 1150. The molecule has 2 heterocycles. The zero-order valence-electron chi connectivity index (χ0n) is 17.0. The first kappa shape index (κ1) is 20.8. The number of fused-ring (bicyclic) bond motifs is 1. The van der Waals surface area contributed by atoms with Gasteiger partial charge in [-0.05, 0) is 43.5 Å². The fourth-order valence-corrected chi connectivity index (χ4v) is 4.56. The van der Waals surface area contributed by atoms with E-state index < -0.39 is 4.92 Å². The van der Waals surface area contributed by atoms with Gasteiger partial charge in [0, 0.05) is 52.6 Å². The molecule has 1 N–H and O–H groups in total. The van der Waals surface area contributed by atoms with Crippen molar-refractivity contribution < 1.29 is 14.5 Å². The summed E-state index contributed by atoms with van der Waals surface area (Å²) < 4.78 is 6.31. The second-order valence-corrected chi connectivity index (χ2v) is 8.35. The second-order valence-electron chi connectivity index (χ2n) is 7.26. The average molecular weight is 439 g/mol. The maximum absolute atomic E-state index is 12.5. The first-order valence-corrected chi connectivity index (χ1v) is 10.8. The number of thiophene rings is 1. The van der Waals surface area contributed by atoms with Gasteiger partial charge < -0.3 is 9.64 Å². The molecule has 1 aliphatic rings. The Morgan fingerprint density at radius 3 is 2.74 bits per heavy atom. The van der Waals surface area contributed by atoms with Gasteiger partial charge in [0.25, 0.3) is 11.6 Å². The molecular formula is C22H22N4O4S. The molecule has 0 spiro atoms. The summed E-state index contributed by atoms with van der Waals surface area (Å²) in [7, 11) is 1.61. The van der Waals surface area contributed by atoms with E-state index in [4.69, 9.17) is 4.74 Å². The van der Waals surface area contributed by atoms with Gasteiger partial charge in [0.2, 0.25) is 0 Å². The SMILES string of the molecule is COc1cc(N2CCCCC2)ccc1C=NNC(=O)c1cc2cc([N+](=O)[O-])ccc2s1. The van der Waals surface area contributed by atoms with Gasteiger partial charge in [0.15, 0.2) is 0 Å². The minimum atomic E-state index is -0.453. The van der Waals surface area contributed by atoms with E-state index in [1.165, 1.54) is 42.7 Å². The van der Waals surface area contributed by atoms with Crippen molar-refractivity contribution in [1.29, 1.82) is 0 Å². The number of nitrogens with one attached hydrogen (secondary N) is 1. The summed E-state index contributed by atoms with van der Waals surface area (Å²) in [6.45, 7) is 2.09. The van der Waals surface area contributed by atoms with Crippen molar-refractivity contribution in [2.24, 2.45) is 5.10 Å². The summed E-state index contributed by atoms with van der Waals surface area (Å²) >= 11 is 1.26. The molecule has 0 saturated carbocycles. The van der Waals surface area contributed by atoms with Gasteiger partial charge in [0.1, 0.15) is 5.75 Å². The molecule has 0 aliphatic carbocycles. The van der Waals surface area contributed by atoms with Crippen LogP contribution in [0.25, 0.3) is 10.1 Å². The van der Waals surface area contributed by atoms with Crippen molar-refractivity contribution in [3.8, 4) is 5.75 Å². The molecule has 1 saturated heterocycles. The number of hydrazone groups is 1. The number of benzene rings is 2. The number of anilines is 1. The summed E-state index contributed by atoms with van der Waals surface area (Å²) in [5, 5.41) is 15.6. The number of methoxy groups -OCH3 is 1. The molecule has 0 radical (unpaired) electrons. The highest BCUT2D eigenvalue weighted by atomic mass is 32.1. The van der Waals surface area contributed by atoms with Gasteiger partial charge in [0.05, 0.1) is 23.1 Å². The first-order valence-electron chi connectivity index (χ1n) is 9.99. The van der Waals surface area contributed by atoms with E-state index in [0.717, 1.165) is 29.0 Å². The van der Waals surface area contributed by atoms with Gasteiger partial charge in [-0.2, -0.15) is 5.10 Å². The highest BCUT2D eigenvalue weighted by Gasteiger charge is 2.14. The lowest BCUT2D eigenvalue weighted by atomic mass is 10.1. The number of amides is 1. The third kappa shape index (κ3) is 4.66. The van der Waals surface area contributed by atoms with E-state index >= 15 is 0 Å². The summed E-state index contributed by atoms with van der Waals surface area (Å²) in [6.07, 6.45) is 5.22. The number of hydrogen-bond donors (Lipinski definition) is 1. The molecular weight excluding hydrogens is 416 g/mol. The normalized spacial score (nSPS) is 14.2. The van der Waals surface area contributed by atoms with Crippen LogP contribution in [0.15, 0.2) is 47.6 Å². The Morgan fingerprint density at radius 1 is 1.19 bits per heavy atom. The largest absolute Gasteiger partial charge is 0.496 e. The zero-order chi connectivity index (χ0) is 21.8. The van der Waals surface area contributed by atoms with Crippen molar-refractivity contribution in [2.45, 2.75) is 19.3 Å². The van der Waals surface area contributed by atoms with Crippen LogP contribution >= 0.6 is 11.3 Å². The van der Waals surface area contributed by atoms with Crippen LogP contribution in [0.3, 0.4) is 0 Å². The molecule has 0 unspecified atom stereocenters. The Balaban J connectivity index is 1.45. The highest BCUT2D eigenvalue weighted by molar-refractivity contribution is 7.20. The van der Waals surface area contributed by atoms with Gasteiger partial charge in [-0.25, -0.2) is 5.43 Å². The predicted octanol–water partition coefficient (Wildman–Crippen LogP) is 4.57. The zero-order valence-corrected chi connectivity index (χ0v) is 17.9. The standard InChI is InChI=1S/C22H22N4O4S/c1-30-19-13-17(25-9-3-2-4-10-25)6-5-15(19)14-23-24-22(27)21-12-16-11-18(26(28)29)7-8-20(16)31-21/h5-8,11-14H,2-4,9-10H2,1H3,(H,24,27). The Hall–Kier alpha value is -3.46. The van der Waals surface area contributed by atoms with Crippen LogP contribution in [-0.4, -0.2) is 37.2 Å². The molecule has 31 heavy (non-hydrogen) atoms. The number of hydrogen-bond acceptors (Lipinski definition) is 7. The molecule has 160 valence electrons. The monoisotopic (exact) mass is 438 g/mol. The molecule has 1 aromatic heterocycles. The predicted molar refractivity (Wildman–Crippen MR) is 123 cm³/mol. The first-order chi connectivity index (χ1) is 15.0. The molecule has 0 atom stereocenters. The Kier molecular flexibility index (Phi) is 6.13. The number of nitro benzene ring substituents is 1. The Morgan fingerprint density at radius 2 is 2.00 bits per heavy atom. The molecule has 8 nitrogen and oxygen atoms in total. The fraction of sp³-hybridized carbons (Fsp3) is 0.273. The maximum atomic E-state index is 12.5. The van der Waals surface area contributed by atoms with Crippen molar-refractivity contribution >= 4 is 44.9 Å². The molecule has 0 bridgehead atoms. The minimum Gasteiger partial charge on any atom is -0.496 e. The van der Waals surface area contributed by atoms with E-state index in [0.29, 0.717) is 16.0 Å². The molecule has 1 aliphatic heterocycles. The number of carbonyl (C=O) groups is 1. The van der Waals surface area contributed by atoms with E-state index in [9.17, 15) is 14.9 Å². The smallest absolute Gasteiger partial charge is 0.281 e. The number of non-ortho nitro benzene ring substituents is 1. The van der Waals surface area contributed by atoms with Crippen LogP contribution in [0.2, 0.25) is 0 Å². The molecule has 3 aromatic rings. The van der Waals surface area contributed by atoms with E-state index in [-0.39, 0.29) is 11.6 Å². The summed E-state index contributed by atoms with van der Waals surface area (Å²) in [4.78, 5) is 25.7. The van der Waals surface area contributed by atoms with E-state index in [2.05, 4.69) is 15.4 Å². The van der Waals surface area contributed by atoms with Crippen molar-refractivity contribution in [3.05, 3.63) is 63.0 Å². The topological polar surface area (TPSA) is 97.1 Å². The van der Waals surface area contributed by atoms with Gasteiger partial charge in [-0.15, -0.1) is 11.3 Å². The quantitative estimate of drug-likeness (QED) is 0.345. The number of nitrogens with zero attached hydrogens (tertiary/aromatic N) is 3. The lowest BCUT2D eigenvalue weighted by molar-refractivity contribution is -0.384. The minimum absolute atomic E-state index is 0.00428. The van der Waals surface area contributed by atoms with E-state index in [1.807, 2.05) is 18.2 Å². The molecule has 4 rings (SSSR count). The summed E-state index contributed by atoms with van der Waals surface area (Å²) in [5.74, 6) is 0.319. The number of carbonyl (C=O) groups excluding carboxylic acids is 1. The lowest BCUT2D eigenvalue weighted by Crippen LogP contribution is -2.29. The van der Waals surface area contributed by atoms with Crippen molar-refractivity contribution in [1.82, 2.24) is 5.43 Å². The van der Waals surface area contributed by atoms with Crippen LogP contribution in [0.5, 0.6) is 5.75 Å². The second kappa shape index (κ2) is 9.13. The lowest BCUT2D eigenvalue weighted by Gasteiger charge is -2.29. The van der Waals surface area contributed by atoms with Crippen LogP contribution in [0, 0.1) is 10.1 Å². The molecule has 2 aromatic carbocycles.